The zero-order valence-electron chi connectivity index (χ0n) is 13.2. The van der Waals surface area contributed by atoms with E-state index in [0.717, 1.165) is 6.54 Å². The molecule has 0 spiro atoms. The van der Waals surface area contributed by atoms with Gasteiger partial charge in [-0.05, 0) is 50.1 Å². The molecule has 21 heavy (non-hydrogen) atoms. The van der Waals surface area contributed by atoms with E-state index in [2.05, 4.69) is 79.3 Å². The fourth-order valence-electron chi connectivity index (χ4n) is 2.46. The smallest absolute Gasteiger partial charge is 0.0438 e. The summed E-state index contributed by atoms with van der Waals surface area (Å²) in [5.41, 5.74) is 2.59. The van der Waals surface area contributed by atoms with Crippen LogP contribution < -0.4 is 5.32 Å². The summed E-state index contributed by atoms with van der Waals surface area (Å²) in [6.07, 6.45) is 1.17. The molecule has 1 unspecified atom stereocenters. The molecule has 2 rings (SSSR count). The number of hydrogen-bond acceptors (Lipinski definition) is 2. The van der Waals surface area contributed by atoms with E-state index in [9.17, 15) is 0 Å². The molecule has 0 fully saturated rings. The second kappa shape index (κ2) is 7.57. The molecule has 1 aromatic carbocycles. The molecule has 0 amide bonds. The normalized spacial score (nSPS) is 12.9. The van der Waals surface area contributed by atoms with Gasteiger partial charge in [-0.3, -0.25) is 0 Å². The maximum atomic E-state index is 3.68. The van der Waals surface area contributed by atoms with Gasteiger partial charge in [0.25, 0.3) is 0 Å². The third-order valence-electron chi connectivity index (χ3n) is 3.60. The van der Waals surface area contributed by atoms with Crippen LogP contribution in [-0.4, -0.2) is 6.54 Å². The van der Waals surface area contributed by atoms with Crippen molar-refractivity contribution in [3.8, 4) is 10.4 Å². The topological polar surface area (TPSA) is 12.0 Å². The summed E-state index contributed by atoms with van der Waals surface area (Å²) in [4.78, 5) is 2.77. The summed E-state index contributed by atoms with van der Waals surface area (Å²) >= 11 is 5.58. The lowest BCUT2D eigenvalue weighted by Crippen LogP contribution is -2.25. The SMILES string of the molecule is CCCNC(c1ccc(-c2cc(C)ccc2Br)s1)C(C)C. The Balaban J connectivity index is 2.29. The predicted octanol–water partition coefficient (Wildman–Crippen LogP) is 6.18. The minimum Gasteiger partial charge on any atom is -0.309 e. The molecule has 3 heteroatoms. The summed E-state index contributed by atoms with van der Waals surface area (Å²) in [5.74, 6) is 0.601. The first-order chi connectivity index (χ1) is 10.0. The van der Waals surface area contributed by atoms with Crippen molar-refractivity contribution in [2.75, 3.05) is 6.54 Å². The van der Waals surface area contributed by atoms with E-state index in [1.165, 1.54) is 31.8 Å². The molecule has 0 bridgehead atoms. The van der Waals surface area contributed by atoms with Crippen LogP contribution >= 0.6 is 27.3 Å². The fourth-order valence-corrected chi connectivity index (χ4v) is 4.34. The molecule has 0 radical (unpaired) electrons. The molecule has 0 aliphatic carbocycles. The number of thiophene rings is 1. The highest BCUT2D eigenvalue weighted by atomic mass is 79.9. The van der Waals surface area contributed by atoms with E-state index in [4.69, 9.17) is 0 Å². The molecular weight excluding hydrogens is 342 g/mol. The van der Waals surface area contributed by atoms with Crippen molar-refractivity contribution in [1.82, 2.24) is 5.32 Å². The Hall–Kier alpha value is -0.640. The summed E-state index contributed by atoms with van der Waals surface area (Å²) in [6, 6.07) is 11.5. The third kappa shape index (κ3) is 4.18. The van der Waals surface area contributed by atoms with Gasteiger partial charge in [0.2, 0.25) is 0 Å². The largest absolute Gasteiger partial charge is 0.309 e. The van der Waals surface area contributed by atoms with Crippen molar-refractivity contribution in [3.63, 3.8) is 0 Å². The molecule has 0 saturated carbocycles. The van der Waals surface area contributed by atoms with Gasteiger partial charge in [-0.2, -0.15) is 0 Å². The number of hydrogen-bond donors (Lipinski definition) is 1. The first kappa shape index (κ1) is 16.7. The van der Waals surface area contributed by atoms with E-state index < -0.39 is 0 Å². The number of aryl methyl sites for hydroxylation is 1. The predicted molar refractivity (Wildman–Crippen MR) is 98.1 cm³/mol. The van der Waals surface area contributed by atoms with Crippen molar-refractivity contribution in [1.29, 1.82) is 0 Å². The summed E-state index contributed by atoms with van der Waals surface area (Å²) < 4.78 is 1.17. The third-order valence-corrected chi connectivity index (χ3v) is 5.49. The van der Waals surface area contributed by atoms with E-state index in [1.807, 2.05) is 11.3 Å². The van der Waals surface area contributed by atoms with E-state index in [0.29, 0.717) is 12.0 Å². The lowest BCUT2D eigenvalue weighted by Gasteiger charge is -2.21. The maximum Gasteiger partial charge on any atom is 0.0438 e. The van der Waals surface area contributed by atoms with E-state index >= 15 is 0 Å². The number of halogens is 1. The maximum absolute atomic E-state index is 3.68. The highest BCUT2D eigenvalue weighted by Gasteiger charge is 2.18. The Labute approximate surface area is 140 Å². The molecule has 1 nitrogen and oxygen atoms in total. The van der Waals surface area contributed by atoms with Crippen LogP contribution in [-0.2, 0) is 0 Å². The van der Waals surface area contributed by atoms with Gasteiger partial charge in [0.05, 0.1) is 0 Å². The lowest BCUT2D eigenvalue weighted by atomic mass is 10.0. The summed E-state index contributed by atoms with van der Waals surface area (Å²) in [7, 11) is 0. The second-order valence-corrected chi connectivity index (χ2v) is 7.83. The minimum absolute atomic E-state index is 0.451. The van der Waals surface area contributed by atoms with Gasteiger partial charge in [0, 0.05) is 25.8 Å². The van der Waals surface area contributed by atoms with E-state index in [-0.39, 0.29) is 0 Å². The van der Waals surface area contributed by atoms with Crippen LogP contribution in [0, 0.1) is 12.8 Å². The second-order valence-electron chi connectivity index (χ2n) is 5.86. The first-order valence-electron chi connectivity index (χ1n) is 7.62. The van der Waals surface area contributed by atoms with Crippen LogP contribution in [0.5, 0.6) is 0 Å². The van der Waals surface area contributed by atoms with Crippen LogP contribution in [0.4, 0.5) is 0 Å². The van der Waals surface area contributed by atoms with E-state index in [1.54, 1.807) is 0 Å². The Kier molecular flexibility index (Phi) is 6.03. The first-order valence-corrected chi connectivity index (χ1v) is 9.23. The van der Waals surface area contributed by atoms with Gasteiger partial charge in [0.1, 0.15) is 0 Å². The highest BCUT2D eigenvalue weighted by Crippen LogP contribution is 2.37. The molecule has 2 aromatic rings. The molecule has 1 heterocycles. The molecule has 0 aliphatic heterocycles. The van der Waals surface area contributed by atoms with Gasteiger partial charge < -0.3 is 5.32 Å². The van der Waals surface area contributed by atoms with Gasteiger partial charge >= 0.3 is 0 Å². The molecule has 114 valence electrons. The van der Waals surface area contributed by atoms with Crippen LogP contribution in [0.15, 0.2) is 34.8 Å². The molecule has 1 atom stereocenters. The van der Waals surface area contributed by atoms with Crippen LogP contribution in [0.2, 0.25) is 0 Å². The Bertz CT molecular complexity index is 589. The van der Waals surface area contributed by atoms with Crippen molar-refractivity contribution in [2.45, 2.75) is 40.2 Å². The molecule has 0 aliphatic rings. The Morgan fingerprint density at radius 3 is 2.62 bits per heavy atom. The van der Waals surface area contributed by atoms with Gasteiger partial charge in [0.15, 0.2) is 0 Å². The van der Waals surface area contributed by atoms with Crippen molar-refractivity contribution >= 4 is 27.3 Å². The standard InChI is InChI=1S/C18H24BrNS/c1-5-10-20-18(12(2)3)17-9-8-16(21-17)14-11-13(4)6-7-15(14)19/h6-9,11-12,18,20H,5,10H2,1-4H3. The highest BCUT2D eigenvalue weighted by molar-refractivity contribution is 9.10. The van der Waals surface area contributed by atoms with Crippen molar-refractivity contribution < 1.29 is 0 Å². The Morgan fingerprint density at radius 1 is 1.19 bits per heavy atom. The summed E-state index contributed by atoms with van der Waals surface area (Å²) in [5, 5.41) is 3.67. The van der Waals surface area contributed by atoms with Crippen LogP contribution in [0.1, 0.15) is 43.7 Å². The minimum atomic E-state index is 0.451. The average molecular weight is 366 g/mol. The molecule has 1 N–H and O–H groups in total. The summed E-state index contributed by atoms with van der Waals surface area (Å²) in [6.45, 7) is 10.0. The number of rotatable bonds is 6. The van der Waals surface area contributed by atoms with Gasteiger partial charge in [-0.25, -0.2) is 0 Å². The zero-order chi connectivity index (χ0) is 15.4. The van der Waals surface area contributed by atoms with Crippen molar-refractivity contribution in [3.05, 3.63) is 45.2 Å². The zero-order valence-corrected chi connectivity index (χ0v) is 15.6. The Morgan fingerprint density at radius 2 is 1.95 bits per heavy atom. The quantitative estimate of drug-likeness (QED) is 0.643. The molecule has 1 aromatic heterocycles. The fraction of sp³-hybridized carbons (Fsp3) is 0.444. The van der Waals surface area contributed by atoms with Crippen LogP contribution in [0.25, 0.3) is 10.4 Å². The molecular formula is C18H24BrNS. The molecule has 0 saturated heterocycles. The number of nitrogens with one attached hydrogen (secondary N) is 1. The van der Waals surface area contributed by atoms with Gasteiger partial charge in [-0.1, -0.05) is 48.3 Å². The van der Waals surface area contributed by atoms with Gasteiger partial charge in [-0.15, -0.1) is 11.3 Å². The average Bonchev–Trinajstić information content (AvgIpc) is 2.91. The monoisotopic (exact) mass is 365 g/mol. The van der Waals surface area contributed by atoms with Crippen LogP contribution in [0.3, 0.4) is 0 Å². The number of benzene rings is 1. The van der Waals surface area contributed by atoms with Crippen molar-refractivity contribution in [2.24, 2.45) is 5.92 Å². The lowest BCUT2D eigenvalue weighted by molar-refractivity contribution is 0.418.